The number of halogens is 4. The van der Waals surface area contributed by atoms with E-state index < -0.39 is 67.6 Å². The van der Waals surface area contributed by atoms with E-state index in [1.165, 1.54) is 36.7 Å². The smallest absolute Gasteiger partial charge is 0.417 e. The van der Waals surface area contributed by atoms with Crippen LogP contribution in [-0.4, -0.2) is 66.1 Å². The summed E-state index contributed by atoms with van der Waals surface area (Å²) < 4.78 is 66.7. The van der Waals surface area contributed by atoms with Gasteiger partial charge in [-0.1, -0.05) is 11.6 Å². The summed E-state index contributed by atoms with van der Waals surface area (Å²) in [6.07, 6.45) is -1.84. The van der Waals surface area contributed by atoms with Gasteiger partial charge in [0, 0.05) is 31.0 Å². The number of unbranched alkanes of at least 4 members (excludes halogenated alkanes) is 1. The van der Waals surface area contributed by atoms with Gasteiger partial charge in [0.15, 0.2) is 0 Å². The van der Waals surface area contributed by atoms with E-state index in [1.807, 2.05) is 4.72 Å². The van der Waals surface area contributed by atoms with Gasteiger partial charge in [-0.05, 0) is 79.4 Å². The predicted molar refractivity (Wildman–Crippen MR) is 162 cm³/mol. The number of alkyl halides is 3. The largest absolute Gasteiger partial charge is 0.480 e. The normalized spacial score (nSPS) is 12.9. The molecule has 3 amide bonds. The predicted octanol–water partition coefficient (Wildman–Crippen LogP) is 3.90. The van der Waals surface area contributed by atoms with E-state index in [2.05, 4.69) is 20.9 Å². The van der Waals surface area contributed by atoms with Crippen molar-refractivity contribution in [1.29, 1.82) is 0 Å². The van der Waals surface area contributed by atoms with Crippen molar-refractivity contribution in [2.75, 3.05) is 11.9 Å². The number of aliphatic carboxylic acids is 1. The van der Waals surface area contributed by atoms with E-state index in [4.69, 9.17) is 16.7 Å². The summed E-state index contributed by atoms with van der Waals surface area (Å²) in [7, 11) is -4.67. The monoisotopic (exact) mass is 699 g/mol. The number of carbonyl (C=O) groups excluding carboxylic acids is 2. The van der Waals surface area contributed by atoms with Crippen LogP contribution in [-0.2, 0) is 32.2 Å². The fourth-order valence-corrected chi connectivity index (χ4v) is 5.63. The van der Waals surface area contributed by atoms with Crippen LogP contribution < -0.4 is 20.7 Å². The third-order valence-electron chi connectivity index (χ3n) is 6.56. The first-order valence-electron chi connectivity index (χ1n) is 13.8. The molecule has 0 aliphatic heterocycles. The molecule has 0 aliphatic rings. The average molecular weight is 700 g/mol. The molecule has 0 fully saturated rings. The number of rotatable bonds is 15. The number of carbonyl (C=O) groups is 4. The highest BCUT2D eigenvalue weighted by atomic mass is 35.5. The van der Waals surface area contributed by atoms with Gasteiger partial charge >= 0.3 is 24.1 Å². The fraction of sp³-hybridized carbons (Fsp3) is 0.276. The number of carboxylic acid groups (broad SMARTS) is 2. The molecule has 0 bridgehead atoms. The van der Waals surface area contributed by atoms with Crippen LogP contribution in [0.15, 0.2) is 71.9 Å². The number of urea groups is 1. The molecule has 13 nitrogen and oxygen atoms in total. The third kappa shape index (κ3) is 11.2. The quantitative estimate of drug-likeness (QED) is 0.127. The number of anilines is 1. The number of hydrogen-bond acceptors (Lipinski definition) is 7. The highest BCUT2D eigenvalue weighted by molar-refractivity contribution is 7.89. The van der Waals surface area contributed by atoms with Crippen molar-refractivity contribution in [1.82, 2.24) is 20.3 Å². The molecule has 0 saturated carbocycles. The number of aromatic nitrogens is 1. The van der Waals surface area contributed by atoms with Crippen LogP contribution >= 0.6 is 11.6 Å². The first-order valence-corrected chi connectivity index (χ1v) is 15.6. The zero-order valence-corrected chi connectivity index (χ0v) is 25.8. The van der Waals surface area contributed by atoms with Crippen molar-refractivity contribution in [3.8, 4) is 0 Å². The standard InChI is InChI=1S/C29H29ClF3N5O8S/c30-22-9-8-20(16-21(22)29(31,32)33)47(45,46)38-23(27(42)43)3-1-2-12-35-28(44)37-24(15-17-10-13-34-14-11-17)25(39)36-19-6-4-18(5-7-19)26(40)41/h4-11,13-14,16,23-24,38H,1-3,12,15H2,(H,36,39)(H,40,41)(H,42,43)(H2,35,37,44)/t23-,24-/m0/s1. The molecule has 0 radical (unpaired) electrons. The Bertz CT molecular complexity index is 1690. The zero-order valence-electron chi connectivity index (χ0n) is 24.3. The number of benzene rings is 2. The lowest BCUT2D eigenvalue weighted by atomic mass is 10.1. The molecule has 1 heterocycles. The zero-order chi connectivity index (χ0) is 34.8. The minimum absolute atomic E-state index is 0.00268. The van der Waals surface area contributed by atoms with Crippen molar-refractivity contribution >= 4 is 51.2 Å². The number of carboxylic acids is 2. The second-order valence-corrected chi connectivity index (χ2v) is 12.2. The van der Waals surface area contributed by atoms with Crippen molar-refractivity contribution in [2.24, 2.45) is 0 Å². The highest BCUT2D eigenvalue weighted by Crippen LogP contribution is 2.36. The molecule has 18 heteroatoms. The van der Waals surface area contributed by atoms with Crippen LogP contribution in [0.2, 0.25) is 5.02 Å². The number of amides is 3. The van der Waals surface area contributed by atoms with Gasteiger partial charge in [0.25, 0.3) is 0 Å². The molecule has 0 saturated heterocycles. The van der Waals surface area contributed by atoms with Gasteiger partial charge in [-0.2, -0.15) is 17.9 Å². The molecule has 2 atom stereocenters. The Morgan fingerprint density at radius 1 is 0.915 bits per heavy atom. The SMILES string of the molecule is O=C(NCCCC[C@H](NS(=O)(=O)c1ccc(Cl)c(C(F)(F)F)c1)C(=O)O)N[C@@H](Cc1ccncc1)C(=O)Nc1ccc(C(=O)O)cc1. The van der Waals surface area contributed by atoms with Crippen LogP contribution in [0.25, 0.3) is 0 Å². The van der Waals surface area contributed by atoms with Crippen molar-refractivity contribution in [2.45, 2.75) is 48.8 Å². The molecule has 2 aromatic carbocycles. The van der Waals surface area contributed by atoms with Crippen LogP contribution in [0.1, 0.15) is 40.7 Å². The minimum Gasteiger partial charge on any atom is -0.480 e. The molecule has 252 valence electrons. The van der Waals surface area contributed by atoms with E-state index in [0.717, 1.165) is 12.1 Å². The van der Waals surface area contributed by atoms with Crippen LogP contribution in [0.5, 0.6) is 0 Å². The molecule has 0 aliphatic carbocycles. The molecular formula is C29H29ClF3N5O8S. The summed E-state index contributed by atoms with van der Waals surface area (Å²) in [4.78, 5) is 51.5. The molecular weight excluding hydrogens is 671 g/mol. The van der Waals surface area contributed by atoms with Gasteiger partial charge in [0.2, 0.25) is 15.9 Å². The Balaban J connectivity index is 1.55. The Morgan fingerprint density at radius 3 is 2.17 bits per heavy atom. The van der Waals surface area contributed by atoms with Crippen LogP contribution in [0.4, 0.5) is 23.7 Å². The topological polar surface area (TPSA) is 204 Å². The van der Waals surface area contributed by atoms with E-state index in [1.54, 1.807) is 12.1 Å². The number of hydrogen-bond donors (Lipinski definition) is 6. The van der Waals surface area contributed by atoms with Gasteiger partial charge < -0.3 is 26.2 Å². The molecule has 47 heavy (non-hydrogen) atoms. The second-order valence-electron chi connectivity index (χ2n) is 10.0. The summed E-state index contributed by atoms with van der Waals surface area (Å²) in [5, 5.41) is 25.5. The third-order valence-corrected chi connectivity index (χ3v) is 8.36. The summed E-state index contributed by atoms with van der Waals surface area (Å²) in [6.45, 7) is -0.00268. The van der Waals surface area contributed by atoms with Crippen molar-refractivity contribution in [3.63, 3.8) is 0 Å². The van der Waals surface area contributed by atoms with E-state index in [-0.39, 0.29) is 37.8 Å². The van der Waals surface area contributed by atoms with Gasteiger partial charge in [-0.25, -0.2) is 18.0 Å². The molecule has 3 rings (SSSR count). The van der Waals surface area contributed by atoms with E-state index in [0.29, 0.717) is 17.3 Å². The summed E-state index contributed by atoms with van der Waals surface area (Å²) in [6, 6.07) is 7.07. The number of sulfonamides is 1. The number of aromatic carboxylic acids is 1. The number of nitrogens with one attached hydrogen (secondary N) is 4. The Hall–Kier alpha value is -4.74. The number of nitrogens with zero attached hydrogens (tertiary/aromatic N) is 1. The van der Waals surface area contributed by atoms with Gasteiger partial charge in [0.1, 0.15) is 12.1 Å². The summed E-state index contributed by atoms with van der Waals surface area (Å²) in [5.41, 5.74) is -0.408. The first-order chi connectivity index (χ1) is 22.1. The maximum absolute atomic E-state index is 13.2. The van der Waals surface area contributed by atoms with Crippen molar-refractivity contribution in [3.05, 3.63) is 88.7 Å². The van der Waals surface area contributed by atoms with Gasteiger partial charge in [-0.3, -0.25) is 14.6 Å². The Labute approximate surface area is 271 Å². The van der Waals surface area contributed by atoms with E-state index >= 15 is 0 Å². The van der Waals surface area contributed by atoms with Crippen LogP contribution in [0.3, 0.4) is 0 Å². The first kappa shape index (κ1) is 36.7. The lowest BCUT2D eigenvalue weighted by Crippen LogP contribution is -2.49. The Morgan fingerprint density at radius 2 is 1.57 bits per heavy atom. The van der Waals surface area contributed by atoms with E-state index in [9.17, 15) is 45.9 Å². The summed E-state index contributed by atoms with van der Waals surface area (Å²) in [5.74, 6) is -3.30. The molecule has 1 aromatic heterocycles. The average Bonchev–Trinajstić information content (AvgIpc) is 3.00. The fourth-order valence-electron chi connectivity index (χ4n) is 4.15. The van der Waals surface area contributed by atoms with Gasteiger partial charge in [-0.15, -0.1) is 0 Å². The Kier molecular flexibility index (Phi) is 12.7. The lowest BCUT2D eigenvalue weighted by Gasteiger charge is -2.19. The van der Waals surface area contributed by atoms with Crippen LogP contribution in [0, 0.1) is 0 Å². The van der Waals surface area contributed by atoms with Crippen molar-refractivity contribution < 1.29 is 51.0 Å². The summed E-state index contributed by atoms with van der Waals surface area (Å²) >= 11 is 5.53. The lowest BCUT2D eigenvalue weighted by molar-refractivity contribution is -0.139. The van der Waals surface area contributed by atoms with Gasteiger partial charge in [0.05, 0.1) is 21.0 Å². The second kappa shape index (κ2) is 16.2. The molecule has 0 unspecified atom stereocenters. The maximum Gasteiger partial charge on any atom is 0.417 e. The number of pyridine rings is 1. The minimum atomic E-state index is -4.94. The maximum atomic E-state index is 13.2. The molecule has 3 aromatic rings. The molecule has 0 spiro atoms. The molecule has 6 N–H and O–H groups in total. The highest BCUT2D eigenvalue weighted by Gasteiger charge is 2.35.